The van der Waals surface area contributed by atoms with Crippen LogP contribution >= 0.6 is 11.8 Å². The highest BCUT2D eigenvalue weighted by Gasteiger charge is 2.42. The molecule has 2 atom stereocenters. The second kappa shape index (κ2) is 4.87. The van der Waals surface area contributed by atoms with E-state index in [1.165, 1.54) is 24.2 Å². The summed E-state index contributed by atoms with van der Waals surface area (Å²) in [5, 5.41) is 18.2. The Morgan fingerprint density at radius 3 is 3.00 bits per heavy atom. The van der Waals surface area contributed by atoms with Crippen molar-refractivity contribution >= 4 is 11.8 Å². The van der Waals surface area contributed by atoms with Gasteiger partial charge < -0.3 is 10.4 Å². The summed E-state index contributed by atoms with van der Waals surface area (Å²) in [7, 11) is 1.95. The number of aryl methyl sites for hydroxylation is 1. The first-order valence-corrected chi connectivity index (χ1v) is 7.61. The average Bonchev–Trinajstić information content (AvgIpc) is 2.93. The number of nitrogens with one attached hydrogen (secondary N) is 1. The van der Waals surface area contributed by atoms with E-state index in [-0.39, 0.29) is 12.1 Å². The molecule has 0 radical (unpaired) electrons. The Labute approximate surface area is 112 Å². The van der Waals surface area contributed by atoms with E-state index in [2.05, 4.69) is 16.6 Å². The zero-order valence-electron chi connectivity index (χ0n) is 10.8. The molecule has 0 aromatic carbocycles. The second-order valence-corrected chi connectivity index (χ2v) is 7.06. The molecule has 2 aliphatic carbocycles. The molecule has 2 aliphatic rings. The van der Waals surface area contributed by atoms with Gasteiger partial charge in [-0.2, -0.15) is 5.10 Å². The van der Waals surface area contributed by atoms with Crippen LogP contribution in [0.1, 0.15) is 32.1 Å². The monoisotopic (exact) mass is 267 g/mol. The molecule has 4 nitrogen and oxygen atoms in total. The van der Waals surface area contributed by atoms with Crippen LogP contribution in [0.4, 0.5) is 0 Å². The Kier molecular flexibility index (Phi) is 3.38. The Bertz CT molecular complexity index is 418. The SMILES string of the molecule is Cn1cc(SC2CCC(CO)(NC3CC3)C2)cn1. The third kappa shape index (κ3) is 2.73. The van der Waals surface area contributed by atoms with Gasteiger partial charge in [-0.25, -0.2) is 0 Å². The Morgan fingerprint density at radius 2 is 2.39 bits per heavy atom. The highest BCUT2D eigenvalue weighted by Crippen LogP contribution is 2.41. The van der Waals surface area contributed by atoms with E-state index in [4.69, 9.17) is 0 Å². The lowest BCUT2D eigenvalue weighted by Gasteiger charge is -2.28. The molecule has 0 aliphatic heterocycles. The second-order valence-electron chi connectivity index (χ2n) is 5.69. The summed E-state index contributed by atoms with van der Waals surface area (Å²) in [6.45, 7) is 0.271. The maximum Gasteiger partial charge on any atom is 0.0625 e. The van der Waals surface area contributed by atoms with Crippen LogP contribution < -0.4 is 5.32 Å². The number of thioether (sulfide) groups is 1. The lowest BCUT2D eigenvalue weighted by atomic mass is 9.99. The van der Waals surface area contributed by atoms with Gasteiger partial charge in [0.15, 0.2) is 0 Å². The minimum Gasteiger partial charge on any atom is -0.394 e. The molecule has 1 heterocycles. The number of aliphatic hydroxyl groups excluding tert-OH is 1. The summed E-state index contributed by atoms with van der Waals surface area (Å²) >= 11 is 1.90. The zero-order chi connectivity index (χ0) is 12.6. The first-order valence-electron chi connectivity index (χ1n) is 6.73. The summed E-state index contributed by atoms with van der Waals surface area (Å²) in [6, 6.07) is 0.666. The summed E-state index contributed by atoms with van der Waals surface area (Å²) in [4.78, 5) is 1.24. The van der Waals surface area contributed by atoms with Gasteiger partial charge in [0.2, 0.25) is 0 Å². The summed E-state index contributed by atoms with van der Waals surface area (Å²) in [5.41, 5.74) is -0.0129. The normalized spacial score (nSPS) is 32.0. The van der Waals surface area contributed by atoms with E-state index in [0.29, 0.717) is 11.3 Å². The molecule has 0 spiro atoms. The minimum absolute atomic E-state index is 0.0129. The van der Waals surface area contributed by atoms with Crippen molar-refractivity contribution in [2.24, 2.45) is 7.05 Å². The number of hydrogen-bond acceptors (Lipinski definition) is 4. The molecular formula is C13H21N3OS. The molecule has 2 unspecified atom stereocenters. The zero-order valence-corrected chi connectivity index (χ0v) is 11.6. The molecule has 1 aromatic rings. The maximum atomic E-state index is 9.69. The molecule has 0 saturated heterocycles. The van der Waals surface area contributed by atoms with Crippen molar-refractivity contribution in [3.8, 4) is 0 Å². The summed E-state index contributed by atoms with van der Waals surface area (Å²) in [5.74, 6) is 0. The Hall–Kier alpha value is -0.520. The molecule has 5 heteroatoms. The van der Waals surface area contributed by atoms with Crippen LogP contribution in [-0.4, -0.2) is 38.3 Å². The van der Waals surface area contributed by atoms with E-state index in [9.17, 15) is 5.11 Å². The number of nitrogens with zero attached hydrogens (tertiary/aromatic N) is 2. The van der Waals surface area contributed by atoms with Gasteiger partial charge in [0.1, 0.15) is 0 Å². The molecule has 3 rings (SSSR count). The van der Waals surface area contributed by atoms with Crippen LogP contribution in [0.2, 0.25) is 0 Å². The van der Waals surface area contributed by atoms with Crippen molar-refractivity contribution in [2.75, 3.05) is 6.61 Å². The highest BCUT2D eigenvalue weighted by molar-refractivity contribution is 8.00. The van der Waals surface area contributed by atoms with Crippen molar-refractivity contribution in [3.05, 3.63) is 12.4 Å². The number of aliphatic hydroxyl groups is 1. The van der Waals surface area contributed by atoms with E-state index in [1.807, 2.05) is 29.7 Å². The van der Waals surface area contributed by atoms with E-state index in [0.717, 1.165) is 12.8 Å². The highest BCUT2D eigenvalue weighted by atomic mass is 32.2. The standard InChI is InChI=1S/C13H21N3OS/c1-16-8-12(7-14-16)18-11-4-5-13(6-11,9-17)15-10-2-3-10/h7-8,10-11,15,17H,2-6,9H2,1H3. The lowest BCUT2D eigenvalue weighted by Crippen LogP contribution is -2.47. The van der Waals surface area contributed by atoms with E-state index >= 15 is 0 Å². The predicted octanol–water partition coefficient (Wildman–Crippen LogP) is 1.55. The molecule has 2 fully saturated rings. The van der Waals surface area contributed by atoms with Crippen LogP contribution in [0.3, 0.4) is 0 Å². The van der Waals surface area contributed by atoms with Crippen LogP contribution in [0.5, 0.6) is 0 Å². The van der Waals surface area contributed by atoms with Crippen molar-refractivity contribution in [1.29, 1.82) is 0 Å². The molecular weight excluding hydrogens is 246 g/mol. The average molecular weight is 267 g/mol. The predicted molar refractivity (Wildman–Crippen MR) is 72.7 cm³/mol. The molecule has 100 valence electrons. The number of aromatic nitrogens is 2. The van der Waals surface area contributed by atoms with Crippen molar-refractivity contribution < 1.29 is 5.11 Å². The lowest BCUT2D eigenvalue weighted by molar-refractivity contribution is 0.163. The number of hydrogen-bond donors (Lipinski definition) is 2. The third-order valence-electron chi connectivity index (χ3n) is 3.94. The van der Waals surface area contributed by atoms with E-state index in [1.54, 1.807) is 0 Å². The minimum atomic E-state index is -0.0129. The van der Waals surface area contributed by atoms with Gasteiger partial charge in [0, 0.05) is 35.0 Å². The third-order valence-corrected chi connectivity index (χ3v) is 5.16. The fourth-order valence-electron chi connectivity index (χ4n) is 2.81. The van der Waals surface area contributed by atoms with Gasteiger partial charge in [0.05, 0.1) is 12.8 Å². The fraction of sp³-hybridized carbons (Fsp3) is 0.769. The van der Waals surface area contributed by atoms with Crippen molar-refractivity contribution in [1.82, 2.24) is 15.1 Å². The molecule has 18 heavy (non-hydrogen) atoms. The van der Waals surface area contributed by atoms with Gasteiger partial charge >= 0.3 is 0 Å². The Balaban J connectivity index is 1.59. The van der Waals surface area contributed by atoms with Crippen molar-refractivity contribution in [3.63, 3.8) is 0 Å². The topological polar surface area (TPSA) is 50.1 Å². The van der Waals surface area contributed by atoms with Gasteiger partial charge in [-0.1, -0.05) is 0 Å². The molecule has 0 amide bonds. The van der Waals surface area contributed by atoms with Crippen LogP contribution in [-0.2, 0) is 7.05 Å². The van der Waals surface area contributed by atoms with Gasteiger partial charge in [-0.15, -0.1) is 11.8 Å². The first kappa shape index (κ1) is 12.5. The van der Waals surface area contributed by atoms with Crippen LogP contribution in [0.15, 0.2) is 17.3 Å². The summed E-state index contributed by atoms with van der Waals surface area (Å²) < 4.78 is 1.85. The Morgan fingerprint density at radius 1 is 1.56 bits per heavy atom. The molecule has 2 saturated carbocycles. The largest absolute Gasteiger partial charge is 0.394 e. The van der Waals surface area contributed by atoms with Crippen LogP contribution in [0.25, 0.3) is 0 Å². The molecule has 0 bridgehead atoms. The van der Waals surface area contributed by atoms with Crippen LogP contribution in [0, 0.1) is 0 Å². The number of rotatable bonds is 5. The first-order chi connectivity index (χ1) is 8.69. The maximum absolute atomic E-state index is 9.69. The summed E-state index contributed by atoms with van der Waals surface area (Å²) in [6.07, 6.45) is 9.90. The smallest absolute Gasteiger partial charge is 0.0625 e. The molecule has 1 aromatic heterocycles. The molecule has 2 N–H and O–H groups in total. The van der Waals surface area contributed by atoms with Gasteiger partial charge in [-0.3, -0.25) is 4.68 Å². The van der Waals surface area contributed by atoms with Crippen molar-refractivity contribution in [2.45, 2.75) is 53.8 Å². The van der Waals surface area contributed by atoms with E-state index < -0.39 is 0 Å². The quantitative estimate of drug-likeness (QED) is 0.850. The fourth-order valence-corrected chi connectivity index (χ4v) is 4.16. The van der Waals surface area contributed by atoms with Gasteiger partial charge in [-0.05, 0) is 32.1 Å². The van der Waals surface area contributed by atoms with Gasteiger partial charge in [0.25, 0.3) is 0 Å².